The summed E-state index contributed by atoms with van der Waals surface area (Å²) in [7, 11) is 2.12. The van der Waals surface area contributed by atoms with Crippen molar-refractivity contribution >= 4 is 5.91 Å². The SMILES string of the molecule is Cc1ccc(O[C@@H](C)C(=O)N2CCC[C@@H]2c2ncc3c(n2)CCN(C)C3)c(C)c1. The van der Waals surface area contributed by atoms with Crippen LogP contribution in [-0.4, -0.2) is 51.9 Å². The summed E-state index contributed by atoms with van der Waals surface area (Å²) < 4.78 is 6.02. The zero-order valence-electron chi connectivity index (χ0n) is 17.8. The summed E-state index contributed by atoms with van der Waals surface area (Å²) in [5.74, 6) is 1.55. The standard InChI is InChI=1S/C23H30N4O2/c1-15-7-8-21(16(2)12-15)29-17(3)23(28)27-10-5-6-20(27)22-24-13-18-14-26(4)11-9-19(18)25-22/h7-8,12-13,17,20H,5-6,9-11,14H2,1-4H3/t17-,20+/m0/s1. The molecule has 6 nitrogen and oxygen atoms in total. The number of ether oxygens (including phenoxy) is 1. The molecule has 6 heteroatoms. The second-order valence-electron chi connectivity index (χ2n) is 8.41. The van der Waals surface area contributed by atoms with E-state index in [9.17, 15) is 4.79 Å². The molecule has 2 atom stereocenters. The molecule has 4 rings (SSSR count). The summed E-state index contributed by atoms with van der Waals surface area (Å²) in [6.45, 7) is 8.53. The molecule has 0 aliphatic carbocycles. The Labute approximate surface area is 172 Å². The van der Waals surface area contributed by atoms with Crippen LogP contribution in [0.4, 0.5) is 0 Å². The van der Waals surface area contributed by atoms with Gasteiger partial charge in [0.15, 0.2) is 11.9 Å². The van der Waals surface area contributed by atoms with E-state index in [1.54, 1.807) is 0 Å². The topological polar surface area (TPSA) is 58.6 Å². The average molecular weight is 395 g/mol. The van der Waals surface area contributed by atoms with Gasteiger partial charge in [0.1, 0.15) is 5.75 Å². The van der Waals surface area contributed by atoms with Gasteiger partial charge in [-0.25, -0.2) is 9.97 Å². The van der Waals surface area contributed by atoms with Crippen molar-refractivity contribution in [2.45, 2.75) is 58.7 Å². The molecule has 1 amide bonds. The molecule has 1 saturated heterocycles. The number of nitrogens with zero attached hydrogens (tertiary/aromatic N) is 4. The molecule has 0 N–H and O–H groups in total. The summed E-state index contributed by atoms with van der Waals surface area (Å²) in [6.07, 6.45) is 4.22. The number of benzene rings is 1. The fraction of sp³-hybridized carbons (Fsp3) is 0.522. The van der Waals surface area contributed by atoms with E-state index in [0.717, 1.165) is 61.7 Å². The van der Waals surface area contributed by atoms with Gasteiger partial charge in [-0.15, -0.1) is 0 Å². The van der Waals surface area contributed by atoms with Crippen LogP contribution in [0.25, 0.3) is 0 Å². The number of hydrogen-bond acceptors (Lipinski definition) is 5. The fourth-order valence-electron chi connectivity index (χ4n) is 4.34. The van der Waals surface area contributed by atoms with E-state index in [4.69, 9.17) is 9.72 Å². The van der Waals surface area contributed by atoms with Gasteiger partial charge in [-0.3, -0.25) is 4.79 Å². The zero-order chi connectivity index (χ0) is 20.5. The van der Waals surface area contributed by atoms with Crippen molar-refractivity contribution in [1.82, 2.24) is 19.8 Å². The lowest BCUT2D eigenvalue weighted by molar-refractivity contribution is -0.139. The molecule has 1 fully saturated rings. The lowest BCUT2D eigenvalue weighted by atomic mass is 10.1. The van der Waals surface area contributed by atoms with Gasteiger partial charge in [-0.2, -0.15) is 0 Å². The summed E-state index contributed by atoms with van der Waals surface area (Å²) >= 11 is 0. The van der Waals surface area contributed by atoms with Gasteiger partial charge in [0.05, 0.1) is 6.04 Å². The molecular weight excluding hydrogens is 364 g/mol. The minimum atomic E-state index is -0.539. The number of carbonyl (C=O) groups excluding carboxylic acids is 1. The fourth-order valence-corrected chi connectivity index (χ4v) is 4.34. The number of rotatable bonds is 4. The smallest absolute Gasteiger partial charge is 0.263 e. The van der Waals surface area contributed by atoms with E-state index in [2.05, 4.69) is 29.9 Å². The van der Waals surface area contributed by atoms with E-state index < -0.39 is 6.10 Å². The van der Waals surface area contributed by atoms with Gasteiger partial charge in [0.25, 0.3) is 5.91 Å². The summed E-state index contributed by atoms with van der Waals surface area (Å²) in [5.41, 5.74) is 4.56. The van der Waals surface area contributed by atoms with Crippen LogP contribution in [0.5, 0.6) is 5.75 Å². The predicted octanol–water partition coefficient (Wildman–Crippen LogP) is 3.21. The molecule has 0 bridgehead atoms. The molecule has 1 aromatic carbocycles. The molecule has 1 aromatic heterocycles. The monoisotopic (exact) mass is 394 g/mol. The van der Waals surface area contributed by atoms with Gasteiger partial charge < -0.3 is 14.5 Å². The number of aryl methyl sites for hydroxylation is 2. The number of amides is 1. The summed E-state index contributed by atoms with van der Waals surface area (Å²) in [4.78, 5) is 26.9. The van der Waals surface area contributed by atoms with Crippen LogP contribution in [0.1, 0.15) is 54.0 Å². The van der Waals surface area contributed by atoms with Crippen LogP contribution in [0, 0.1) is 13.8 Å². The normalized spacial score (nSPS) is 20.4. The van der Waals surface area contributed by atoms with Crippen molar-refractivity contribution in [2.24, 2.45) is 0 Å². The van der Waals surface area contributed by atoms with Crippen LogP contribution in [0.3, 0.4) is 0 Å². The maximum Gasteiger partial charge on any atom is 0.263 e. The predicted molar refractivity (Wildman–Crippen MR) is 112 cm³/mol. The number of carbonyl (C=O) groups is 1. The highest BCUT2D eigenvalue weighted by Gasteiger charge is 2.35. The van der Waals surface area contributed by atoms with Crippen LogP contribution >= 0.6 is 0 Å². The van der Waals surface area contributed by atoms with Gasteiger partial charge in [0.2, 0.25) is 0 Å². The van der Waals surface area contributed by atoms with Gasteiger partial charge in [-0.05, 0) is 52.3 Å². The highest BCUT2D eigenvalue weighted by atomic mass is 16.5. The first-order valence-corrected chi connectivity index (χ1v) is 10.5. The Morgan fingerprint density at radius 1 is 1.28 bits per heavy atom. The Morgan fingerprint density at radius 2 is 2.10 bits per heavy atom. The third-order valence-corrected chi connectivity index (χ3v) is 5.96. The highest BCUT2D eigenvalue weighted by Crippen LogP contribution is 2.32. The van der Waals surface area contributed by atoms with Crippen LogP contribution in [-0.2, 0) is 17.8 Å². The van der Waals surface area contributed by atoms with Crippen molar-refractivity contribution in [1.29, 1.82) is 0 Å². The van der Waals surface area contributed by atoms with Crippen LogP contribution < -0.4 is 4.74 Å². The molecule has 0 unspecified atom stereocenters. The Hall–Kier alpha value is -2.47. The summed E-state index contributed by atoms with van der Waals surface area (Å²) in [6, 6.07) is 5.97. The molecule has 3 heterocycles. The van der Waals surface area contributed by atoms with Gasteiger partial charge in [-0.1, -0.05) is 17.7 Å². The van der Waals surface area contributed by atoms with Gasteiger partial charge in [0, 0.05) is 43.5 Å². The number of hydrogen-bond donors (Lipinski definition) is 0. The molecule has 29 heavy (non-hydrogen) atoms. The van der Waals surface area contributed by atoms with Crippen molar-refractivity contribution in [2.75, 3.05) is 20.1 Å². The third kappa shape index (κ3) is 4.13. The first-order valence-electron chi connectivity index (χ1n) is 10.5. The molecule has 0 radical (unpaired) electrons. The van der Waals surface area contributed by atoms with Gasteiger partial charge >= 0.3 is 0 Å². The van der Waals surface area contributed by atoms with E-state index in [1.165, 1.54) is 11.1 Å². The number of likely N-dealkylation sites (tertiary alicyclic amines) is 1. The van der Waals surface area contributed by atoms with Crippen molar-refractivity contribution in [3.8, 4) is 5.75 Å². The van der Waals surface area contributed by atoms with Crippen molar-refractivity contribution in [3.05, 3.63) is 52.6 Å². The number of aromatic nitrogens is 2. The zero-order valence-corrected chi connectivity index (χ0v) is 17.8. The van der Waals surface area contributed by atoms with E-state index in [0.29, 0.717) is 0 Å². The van der Waals surface area contributed by atoms with Crippen molar-refractivity contribution < 1.29 is 9.53 Å². The highest BCUT2D eigenvalue weighted by molar-refractivity contribution is 5.81. The Bertz CT molecular complexity index is 914. The number of likely N-dealkylation sites (N-methyl/N-ethyl adjacent to an activating group) is 1. The van der Waals surface area contributed by atoms with Crippen LogP contribution in [0.15, 0.2) is 24.4 Å². The van der Waals surface area contributed by atoms with E-state index in [-0.39, 0.29) is 11.9 Å². The minimum absolute atomic E-state index is 0.00790. The third-order valence-electron chi connectivity index (χ3n) is 5.96. The quantitative estimate of drug-likeness (QED) is 0.797. The number of fused-ring (bicyclic) bond motifs is 1. The largest absolute Gasteiger partial charge is 0.481 e. The molecule has 2 aliphatic rings. The maximum absolute atomic E-state index is 13.2. The molecule has 154 valence electrons. The van der Waals surface area contributed by atoms with E-state index >= 15 is 0 Å². The lowest BCUT2D eigenvalue weighted by Crippen LogP contribution is -2.40. The molecule has 2 aliphatic heterocycles. The second kappa shape index (κ2) is 8.11. The van der Waals surface area contributed by atoms with Crippen molar-refractivity contribution in [3.63, 3.8) is 0 Å². The molecular formula is C23H30N4O2. The average Bonchev–Trinajstić information content (AvgIpc) is 3.18. The Balaban J connectivity index is 1.49. The molecule has 2 aromatic rings. The maximum atomic E-state index is 13.2. The minimum Gasteiger partial charge on any atom is -0.481 e. The van der Waals surface area contributed by atoms with Crippen LogP contribution in [0.2, 0.25) is 0 Å². The Kier molecular flexibility index (Phi) is 5.54. The lowest BCUT2D eigenvalue weighted by Gasteiger charge is -2.29. The first kappa shape index (κ1) is 19.8. The van der Waals surface area contributed by atoms with E-state index in [1.807, 2.05) is 37.1 Å². The Morgan fingerprint density at radius 3 is 2.90 bits per heavy atom. The first-order chi connectivity index (χ1) is 13.9. The second-order valence-corrected chi connectivity index (χ2v) is 8.41. The summed E-state index contributed by atoms with van der Waals surface area (Å²) in [5, 5.41) is 0. The molecule has 0 saturated carbocycles. The molecule has 0 spiro atoms.